The summed E-state index contributed by atoms with van der Waals surface area (Å²) in [5.41, 5.74) is 0.942. The fourth-order valence-corrected chi connectivity index (χ4v) is 4.80. The predicted molar refractivity (Wildman–Crippen MR) is 119 cm³/mol. The number of carbonyl (C=O) groups excluding carboxylic acids is 1. The quantitative estimate of drug-likeness (QED) is 0.600. The van der Waals surface area contributed by atoms with Crippen LogP contribution in [0.3, 0.4) is 0 Å². The monoisotopic (exact) mass is 447 g/mol. The van der Waals surface area contributed by atoms with Crippen LogP contribution in [-0.2, 0) is 16.5 Å². The molecule has 1 saturated carbocycles. The van der Waals surface area contributed by atoms with Gasteiger partial charge >= 0.3 is 6.18 Å². The molecule has 4 nitrogen and oxygen atoms in total. The van der Waals surface area contributed by atoms with Crippen LogP contribution in [0.1, 0.15) is 49.7 Å². The van der Waals surface area contributed by atoms with E-state index in [1.807, 2.05) is 24.3 Å². The number of anilines is 2. The normalized spacial score (nSPS) is 18.3. The third kappa shape index (κ3) is 4.69. The standard InChI is InChI=1S/C23H24F3N3OS/c24-23(25,26)17-6-3-5-16(15-17)22(12-1-2-13-22)28-21(31)27-18-8-10-19(11-9-18)29-14-4-7-20(29)30/h3,5-6,8-11,15H,1-2,4,7,12-14H2,(H2,27,28,31). The summed E-state index contributed by atoms with van der Waals surface area (Å²) in [4.78, 5) is 13.7. The van der Waals surface area contributed by atoms with Crippen molar-refractivity contribution in [3.8, 4) is 0 Å². The van der Waals surface area contributed by atoms with Crippen molar-refractivity contribution in [2.75, 3.05) is 16.8 Å². The van der Waals surface area contributed by atoms with Crippen LogP contribution in [0.15, 0.2) is 48.5 Å². The molecule has 0 unspecified atom stereocenters. The summed E-state index contributed by atoms with van der Waals surface area (Å²) in [5, 5.41) is 6.80. The Balaban J connectivity index is 1.48. The minimum Gasteiger partial charge on any atom is -0.353 e. The molecule has 2 fully saturated rings. The number of alkyl halides is 3. The fraction of sp³-hybridized carbons (Fsp3) is 0.391. The van der Waals surface area contributed by atoms with Crippen LogP contribution < -0.4 is 15.5 Å². The van der Waals surface area contributed by atoms with E-state index >= 15 is 0 Å². The highest BCUT2D eigenvalue weighted by Crippen LogP contribution is 2.41. The molecule has 4 rings (SSSR count). The van der Waals surface area contributed by atoms with Crippen molar-refractivity contribution in [2.45, 2.75) is 50.2 Å². The summed E-state index contributed by atoms with van der Waals surface area (Å²) in [7, 11) is 0. The number of carbonyl (C=O) groups is 1. The molecule has 1 amide bonds. The highest BCUT2D eigenvalue weighted by atomic mass is 32.1. The number of amides is 1. The smallest absolute Gasteiger partial charge is 0.353 e. The van der Waals surface area contributed by atoms with Crippen molar-refractivity contribution < 1.29 is 18.0 Å². The number of benzene rings is 2. The lowest BCUT2D eigenvalue weighted by atomic mass is 9.87. The van der Waals surface area contributed by atoms with E-state index in [9.17, 15) is 18.0 Å². The van der Waals surface area contributed by atoms with Gasteiger partial charge in [-0.3, -0.25) is 4.79 Å². The zero-order valence-corrected chi connectivity index (χ0v) is 17.8. The van der Waals surface area contributed by atoms with E-state index in [-0.39, 0.29) is 5.91 Å². The highest BCUT2D eigenvalue weighted by molar-refractivity contribution is 7.80. The molecular formula is C23H24F3N3OS. The first-order chi connectivity index (χ1) is 14.8. The molecule has 1 aliphatic heterocycles. The van der Waals surface area contributed by atoms with E-state index in [0.717, 1.165) is 43.2 Å². The second-order valence-electron chi connectivity index (χ2n) is 8.14. The van der Waals surface area contributed by atoms with Gasteiger partial charge in [-0.25, -0.2) is 0 Å². The molecule has 2 N–H and O–H groups in total. The molecule has 164 valence electrons. The second kappa shape index (κ2) is 8.49. The number of nitrogens with zero attached hydrogens (tertiary/aromatic N) is 1. The Morgan fingerprint density at radius 1 is 1.03 bits per heavy atom. The van der Waals surface area contributed by atoms with Crippen molar-refractivity contribution in [1.82, 2.24) is 5.32 Å². The first kappa shape index (κ1) is 21.6. The van der Waals surface area contributed by atoms with Gasteiger partial charge in [0.05, 0.1) is 11.1 Å². The molecule has 0 aromatic heterocycles. The number of hydrogen-bond acceptors (Lipinski definition) is 2. The molecule has 1 heterocycles. The SMILES string of the molecule is O=C1CCCN1c1ccc(NC(=S)NC2(c3cccc(C(F)(F)F)c3)CCCC2)cc1. The van der Waals surface area contributed by atoms with Crippen LogP contribution in [0.4, 0.5) is 24.5 Å². The van der Waals surface area contributed by atoms with Gasteiger partial charge in [-0.15, -0.1) is 0 Å². The maximum atomic E-state index is 13.2. The van der Waals surface area contributed by atoms with Gasteiger partial charge in [0.1, 0.15) is 0 Å². The summed E-state index contributed by atoms with van der Waals surface area (Å²) in [6.45, 7) is 0.727. The van der Waals surface area contributed by atoms with E-state index in [4.69, 9.17) is 12.2 Å². The maximum Gasteiger partial charge on any atom is 0.416 e. The molecule has 0 radical (unpaired) electrons. The summed E-state index contributed by atoms with van der Waals surface area (Å²) in [5.74, 6) is 0.127. The lowest BCUT2D eigenvalue weighted by Crippen LogP contribution is -2.45. The van der Waals surface area contributed by atoms with Crippen LogP contribution in [-0.4, -0.2) is 17.6 Å². The van der Waals surface area contributed by atoms with Crippen LogP contribution in [0.2, 0.25) is 0 Å². The van der Waals surface area contributed by atoms with Gasteiger partial charge in [0.25, 0.3) is 0 Å². The molecule has 2 aromatic rings. The third-order valence-electron chi connectivity index (χ3n) is 6.06. The van der Waals surface area contributed by atoms with Gasteiger partial charge in [-0.1, -0.05) is 25.0 Å². The van der Waals surface area contributed by atoms with Crippen molar-refractivity contribution in [3.63, 3.8) is 0 Å². The Hall–Kier alpha value is -2.61. The van der Waals surface area contributed by atoms with Crippen molar-refractivity contribution in [1.29, 1.82) is 0 Å². The summed E-state index contributed by atoms with van der Waals surface area (Å²) < 4.78 is 39.6. The summed E-state index contributed by atoms with van der Waals surface area (Å²) in [6, 6.07) is 12.9. The highest BCUT2D eigenvalue weighted by Gasteiger charge is 2.38. The van der Waals surface area contributed by atoms with E-state index in [1.165, 1.54) is 12.1 Å². The number of thiocarbonyl (C=S) groups is 1. The van der Waals surface area contributed by atoms with Gasteiger partial charge in [-0.2, -0.15) is 13.2 Å². The van der Waals surface area contributed by atoms with Crippen LogP contribution in [0.25, 0.3) is 0 Å². The lowest BCUT2D eigenvalue weighted by molar-refractivity contribution is -0.137. The van der Waals surface area contributed by atoms with Gasteiger partial charge in [0.2, 0.25) is 5.91 Å². The largest absolute Gasteiger partial charge is 0.416 e. The molecule has 2 aliphatic rings. The summed E-state index contributed by atoms with van der Waals surface area (Å²) >= 11 is 5.50. The van der Waals surface area contributed by atoms with Crippen LogP contribution in [0, 0.1) is 0 Å². The molecule has 0 spiro atoms. The number of hydrogen-bond donors (Lipinski definition) is 2. The van der Waals surface area contributed by atoms with E-state index in [2.05, 4.69) is 10.6 Å². The fourth-order valence-electron chi connectivity index (χ4n) is 4.48. The molecule has 0 atom stereocenters. The van der Waals surface area contributed by atoms with E-state index in [0.29, 0.717) is 29.9 Å². The van der Waals surface area contributed by atoms with Crippen molar-refractivity contribution in [2.24, 2.45) is 0 Å². The zero-order valence-electron chi connectivity index (χ0n) is 17.0. The third-order valence-corrected chi connectivity index (χ3v) is 6.27. The van der Waals surface area contributed by atoms with E-state index in [1.54, 1.807) is 11.0 Å². The molecular weight excluding hydrogens is 423 g/mol. The zero-order chi connectivity index (χ0) is 22.1. The molecule has 2 aromatic carbocycles. The predicted octanol–water partition coefficient (Wildman–Crippen LogP) is 5.59. The minimum absolute atomic E-state index is 0.127. The minimum atomic E-state index is -4.38. The average Bonchev–Trinajstić information content (AvgIpc) is 3.38. The Kier molecular flexibility index (Phi) is 5.92. The molecule has 1 aliphatic carbocycles. The summed E-state index contributed by atoms with van der Waals surface area (Å²) in [6.07, 6.45) is 0.330. The van der Waals surface area contributed by atoms with Gasteiger partial charge in [-0.05, 0) is 73.4 Å². The van der Waals surface area contributed by atoms with E-state index < -0.39 is 17.3 Å². The first-order valence-electron chi connectivity index (χ1n) is 10.4. The first-order valence-corrected chi connectivity index (χ1v) is 10.9. The van der Waals surface area contributed by atoms with Gasteiger partial charge < -0.3 is 15.5 Å². The number of nitrogens with one attached hydrogen (secondary N) is 2. The molecule has 1 saturated heterocycles. The topological polar surface area (TPSA) is 44.4 Å². The van der Waals surface area contributed by atoms with Crippen LogP contribution >= 0.6 is 12.2 Å². The molecule has 8 heteroatoms. The average molecular weight is 448 g/mol. The lowest BCUT2D eigenvalue weighted by Gasteiger charge is -2.33. The van der Waals surface area contributed by atoms with Crippen molar-refractivity contribution >= 4 is 34.6 Å². The second-order valence-corrected chi connectivity index (χ2v) is 8.55. The van der Waals surface area contributed by atoms with Crippen LogP contribution in [0.5, 0.6) is 0 Å². The maximum absolute atomic E-state index is 13.2. The number of halogens is 3. The molecule has 0 bridgehead atoms. The van der Waals surface area contributed by atoms with Gasteiger partial charge in [0.15, 0.2) is 5.11 Å². The molecule has 31 heavy (non-hydrogen) atoms. The van der Waals surface area contributed by atoms with Gasteiger partial charge in [0, 0.05) is 24.3 Å². The number of rotatable bonds is 4. The Labute approximate surface area is 184 Å². The Bertz CT molecular complexity index is 969. The van der Waals surface area contributed by atoms with Crippen molar-refractivity contribution in [3.05, 3.63) is 59.7 Å². The Morgan fingerprint density at radius 2 is 1.74 bits per heavy atom. The Morgan fingerprint density at radius 3 is 2.35 bits per heavy atom.